The first-order valence-corrected chi connectivity index (χ1v) is 4.67. The van der Waals surface area contributed by atoms with Crippen molar-refractivity contribution >= 4 is 0 Å². The Morgan fingerprint density at radius 2 is 2.38 bits per heavy atom. The van der Waals surface area contributed by atoms with E-state index < -0.39 is 0 Å². The molecule has 66 valence electrons. The molecule has 3 nitrogen and oxygen atoms in total. The number of azo groups is 1. The van der Waals surface area contributed by atoms with Crippen LogP contribution in [-0.2, 0) is 0 Å². The van der Waals surface area contributed by atoms with Crippen LogP contribution in [-0.4, -0.2) is 13.1 Å². The number of hydrogen-bond acceptors (Lipinski definition) is 3. The van der Waals surface area contributed by atoms with Crippen LogP contribution in [0.4, 0.5) is 0 Å². The molecule has 0 saturated carbocycles. The molecule has 0 fully saturated rings. The molecule has 0 bridgehead atoms. The van der Waals surface area contributed by atoms with Crippen LogP contribution >= 0.6 is 0 Å². The van der Waals surface area contributed by atoms with Crippen LogP contribution in [0.3, 0.4) is 0 Å². The van der Waals surface area contributed by atoms with Crippen LogP contribution < -0.4 is 5.32 Å². The molecule has 0 amide bonds. The molecular formula is C10H11N3. The molecule has 3 aliphatic rings. The summed E-state index contributed by atoms with van der Waals surface area (Å²) < 4.78 is 0. The van der Waals surface area contributed by atoms with Gasteiger partial charge in [-0.25, -0.2) is 0 Å². The topological polar surface area (TPSA) is 36.8 Å². The van der Waals surface area contributed by atoms with Gasteiger partial charge in [-0.05, 0) is 36.6 Å². The van der Waals surface area contributed by atoms with Gasteiger partial charge in [0, 0.05) is 12.1 Å². The van der Waals surface area contributed by atoms with Crippen molar-refractivity contribution < 1.29 is 0 Å². The van der Waals surface area contributed by atoms with Crippen molar-refractivity contribution in [2.45, 2.75) is 12.8 Å². The summed E-state index contributed by atoms with van der Waals surface area (Å²) in [5, 5.41) is 11.4. The number of fused-ring (bicyclic) bond motifs is 1. The Morgan fingerprint density at radius 1 is 1.38 bits per heavy atom. The van der Waals surface area contributed by atoms with Gasteiger partial charge in [0.15, 0.2) is 0 Å². The molecule has 13 heavy (non-hydrogen) atoms. The van der Waals surface area contributed by atoms with Crippen molar-refractivity contribution in [2.24, 2.45) is 10.2 Å². The fraction of sp³-hybridized carbons (Fsp3) is 0.400. The minimum Gasteiger partial charge on any atom is -0.313 e. The molecule has 2 heterocycles. The van der Waals surface area contributed by atoms with Crippen LogP contribution in [0.1, 0.15) is 12.8 Å². The van der Waals surface area contributed by atoms with Crippen LogP contribution in [0.2, 0.25) is 0 Å². The third-order valence-corrected chi connectivity index (χ3v) is 2.79. The normalized spacial score (nSPS) is 25.2. The third kappa shape index (κ3) is 1.08. The Kier molecular flexibility index (Phi) is 1.46. The van der Waals surface area contributed by atoms with E-state index in [0.29, 0.717) is 0 Å². The molecule has 0 spiro atoms. The summed E-state index contributed by atoms with van der Waals surface area (Å²) in [5.41, 5.74) is 5.36. The second-order valence-corrected chi connectivity index (χ2v) is 3.63. The molecule has 1 aliphatic carbocycles. The van der Waals surface area contributed by atoms with Gasteiger partial charge in [-0.1, -0.05) is 0 Å². The first kappa shape index (κ1) is 7.21. The van der Waals surface area contributed by atoms with Crippen molar-refractivity contribution in [3.8, 4) is 0 Å². The molecule has 1 N–H and O–H groups in total. The number of allylic oxidation sites excluding steroid dienone is 2. The van der Waals surface area contributed by atoms with Crippen LogP contribution in [0.5, 0.6) is 0 Å². The molecule has 2 aliphatic heterocycles. The minimum atomic E-state index is 1.04. The largest absolute Gasteiger partial charge is 0.313 e. The standard InChI is InChI=1S/C10H11N3/c1-2-11-5-8-3-9-6-12-13-10(9)4-7(1)8/h4,6,11H,1-3,5H2. The lowest BCUT2D eigenvalue weighted by Crippen LogP contribution is -2.26. The monoisotopic (exact) mass is 173 g/mol. The molecule has 3 rings (SSSR count). The molecule has 0 radical (unpaired) electrons. The summed E-state index contributed by atoms with van der Waals surface area (Å²) in [6.07, 6.45) is 6.26. The van der Waals surface area contributed by atoms with Crippen LogP contribution in [0.15, 0.2) is 44.9 Å². The van der Waals surface area contributed by atoms with Gasteiger partial charge in [0.2, 0.25) is 0 Å². The van der Waals surface area contributed by atoms with E-state index in [0.717, 1.165) is 31.6 Å². The molecule has 0 unspecified atom stereocenters. The van der Waals surface area contributed by atoms with Crippen molar-refractivity contribution in [1.82, 2.24) is 5.32 Å². The Hall–Kier alpha value is -1.22. The summed E-state index contributed by atoms with van der Waals surface area (Å²) >= 11 is 0. The zero-order valence-electron chi connectivity index (χ0n) is 7.38. The number of nitrogens with one attached hydrogen (secondary N) is 1. The maximum Gasteiger partial charge on any atom is 0.0910 e. The van der Waals surface area contributed by atoms with Crippen molar-refractivity contribution in [1.29, 1.82) is 0 Å². The smallest absolute Gasteiger partial charge is 0.0910 e. The van der Waals surface area contributed by atoms with Gasteiger partial charge in [0.1, 0.15) is 0 Å². The Bertz CT molecular complexity index is 372. The average molecular weight is 173 g/mol. The van der Waals surface area contributed by atoms with Gasteiger partial charge >= 0.3 is 0 Å². The molecule has 0 aromatic rings. The molecular weight excluding hydrogens is 162 g/mol. The van der Waals surface area contributed by atoms with Crippen molar-refractivity contribution in [2.75, 3.05) is 13.1 Å². The Balaban J connectivity index is 2.03. The highest BCUT2D eigenvalue weighted by atomic mass is 15.1. The lowest BCUT2D eigenvalue weighted by Gasteiger charge is -2.23. The molecule has 0 aromatic heterocycles. The second kappa shape index (κ2) is 2.64. The van der Waals surface area contributed by atoms with E-state index in [-0.39, 0.29) is 0 Å². The zero-order chi connectivity index (χ0) is 8.67. The fourth-order valence-corrected chi connectivity index (χ4v) is 2.05. The number of hydrogen-bond donors (Lipinski definition) is 1. The number of nitrogens with zero attached hydrogens (tertiary/aromatic N) is 2. The van der Waals surface area contributed by atoms with Gasteiger partial charge < -0.3 is 5.32 Å². The van der Waals surface area contributed by atoms with Gasteiger partial charge in [0.05, 0.1) is 11.9 Å². The van der Waals surface area contributed by atoms with Crippen molar-refractivity contribution in [3.63, 3.8) is 0 Å². The molecule has 0 atom stereocenters. The van der Waals surface area contributed by atoms with E-state index >= 15 is 0 Å². The highest BCUT2D eigenvalue weighted by molar-refractivity contribution is 5.48. The predicted molar refractivity (Wildman–Crippen MR) is 50.2 cm³/mol. The lowest BCUT2D eigenvalue weighted by molar-refractivity contribution is 0.668. The van der Waals surface area contributed by atoms with Gasteiger partial charge in [-0.3, -0.25) is 0 Å². The Labute approximate surface area is 76.9 Å². The summed E-state index contributed by atoms with van der Waals surface area (Å²) in [5.74, 6) is 0. The summed E-state index contributed by atoms with van der Waals surface area (Å²) in [7, 11) is 0. The quantitative estimate of drug-likeness (QED) is 0.597. The minimum absolute atomic E-state index is 1.04. The first-order chi connectivity index (χ1) is 6.43. The first-order valence-electron chi connectivity index (χ1n) is 4.67. The highest BCUT2D eigenvalue weighted by Gasteiger charge is 2.21. The van der Waals surface area contributed by atoms with Crippen molar-refractivity contribution in [3.05, 3.63) is 34.7 Å². The predicted octanol–water partition coefficient (Wildman–Crippen LogP) is 1.91. The summed E-state index contributed by atoms with van der Waals surface area (Å²) in [6, 6.07) is 0. The lowest BCUT2D eigenvalue weighted by atomic mass is 9.89. The fourth-order valence-electron chi connectivity index (χ4n) is 2.05. The maximum absolute atomic E-state index is 4.09. The van der Waals surface area contributed by atoms with E-state index in [1.54, 1.807) is 0 Å². The van der Waals surface area contributed by atoms with Crippen LogP contribution in [0.25, 0.3) is 0 Å². The van der Waals surface area contributed by atoms with Gasteiger partial charge in [-0.2, -0.15) is 10.2 Å². The van der Waals surface area contributed by atoms with E-state index in [4.69, 9.17) is 0 Å². The highest BCUT2D eigenvalue weighted by Crippen LogP contribution is 2.34. The second-order valence-electron chi connectivity index (χ2n) is 3.63. The van der Waals surface area contributed by atoms with Gasteiger partial charge in [-0.15, -0.1) is 0 Å². The maximum atomic E-state index is 4.09. The zero-order valence-corrected chi connectivity index (χ0v) is 7.38. The summed E-state index contributed by atoms with van der Waals surface area (Å²) in [6.45, 7) is 2.13. The van der Waals surface area contributed by atoms with E-state index in [1.807, 2.05) is 6.20 Å². The van der Waals surface area contributed by atoms with Crippen LogP contribution in [0, 0.1) is 0 Å². The number of rotatable bonds is 0. The SMILES string of the molecule is C1=C2CC3=C(C=C2N=N1)CCNC3. The van der Waals surface area contributed by atoms with E-state index in [9.17, 15) is 0 Å². The molecule has 0 aromatic carbocycles. The van der Waals surface area contributed by atoms with E-state index in [1.165, 1.54) is 16.7 Å². The average Bonchev–Trinajstić information content (AvgIpc) is 2.61. The van der Waals surface area contributed by atoms with Gasteiger partial charge in [0.25, 0.3) is 0 Å². The molecule has 0 saturated heterocycles. The third-order valence-electron chi connectivity index (χ3n) is 2.79. The summed E-state index contributed by atoms with van der Waals surface area (Å²) in [4.78, 5) is 0. The van der Waals surface area contributed by atoms with E-state index in [2.05, 4.69) is 21.6 Å². The Morgan fingerprint density at radius 3 is 3.38 bits per heavy atom. The molecule has 3 heteroatoms.